The summed E-state index contributed by atoms with van der Waals surface area (Å²) in [7, 11) is 1.60. The molecule has 1 aromatic heterocycles. The normalized spacial score (nSPS) is 19.2. The minimum atomic E-state index is -1.01. The molecule has 164 valence electrons. The second kappa shape index (κ2) is 8.91. The SMILES string of the molecule is COc1ccc(N2CCOCC2)c2sc(NC(=O)N3CCC(O)(CCF)CC3)nc12. The van der Waals surface area contributed by atoms with Crippen molar-refractivity contribution in [1.29, 1.82) is 0 Å². The Kier molecular flexibility index (Phi) is 6.26. The van der Waals surface area contributed by atoms with Crippen molar-refractivity contribution in [1.82, 2.24) is 9.88 Å². The summed E-state index contributed by atoms with van der Waals surface area (Å²) in [5.74, 6) is 0.660. The number of aliphatic hydroxyl groups is 1. The molecule has 0 spiro atoms. The average Bonchev–Trinajstić information content (AvgIpc) is 3.17. The van der Waals surface area contributed by atoms with Crippen LogP contribution in [0.2, 0.25) is 0 Å². The van der Waals surface area contributed by atoms with Crippen molar-refractivity contribution in [2.75, 3.05) is 63.4 Å². The van der Waals surface area contributed by atoms with Crippen molar-refractivity contribution in [3.63, 3.8) is 0 Å². The van der Waals surface area contributed by atoms with Crippen LogP contribution < -0.4 is 15.0 Å². The Labute approximate surface area is 178 Å². The van der Waals surface area contributed by atoms with E-state index in [0.29, 0.717) is 50.0 Å². The third kappa shape index (κ3) is 4.30. The van der Waals surface area contributed by atoms with Crippen molar-refractivity contribution < 1.29 is 23.8 Å². The number of benzene rings is 1. The van der Waals surface area contributed by atoms with Gasteiger partial charge in [0.1, 0.15) is 11.3 Å². The zero-order valence-corrected chi connectivity index (χ0v) is 17.8. The largest absolute Gasteiger partial charge is 0.494 e. The van der Waals surface area contributed by atoms with Crippen LogP contribution in [-0.2, 0) is 4.74 Å². The fourth-order valence-corrected chi connectivity index (χ4v) is 4.98. The Morgan fingerprint density at radius 3 is 2.73 bits per heavy atom. The van der Waals surface area contributed by atoms with Crippen molar-refractivity contribution in [2.24, 2.45) is 0 Å². The summed E-state index contributed by atoms with van der Waals surface area (Å²) >= 11 is 1.42. The fourth-order valence-electron chi connectivity index (χ4n) is 3.96. The molecule has 0 aliphatic carbocycles. The molecule has 2 fully saturated rings. The van der Waals surface area contributed by atoms with Gasteiger partial charge < -0.3 is 24.4 Å². The molecule has 2 N–H and O–H groups in total. The minimum absolute atomic E-state index is 0.116. The lowest BCUT2D eigenvalue weighted by Gasteiger charge is -2.37. The van der Waals surface area contributed by atoms with Gasteiger partial charge in [0, 0.05) is 32.6 Å². The Morgan fingerprint density at radius 2 is 2.07 bits per heavy atom. The number of thiazole rings is 1. The van der Waals surface area contributed by atoms with Crippen molar-refractivity contribution in [3.8, 4) is 5.75 Å². The molecular weight excluding hydrogens is 411 g/mol. The number of rotatable bonds is 5. The number of halogens is 1. The smallest absolute Gasteiger partial charge is 0.323 e. The van der Waals surface area contributed by atoms with Gasteiger partial charge >= 0.3 is 6.03 Å². The van der Waals surface area contributed by atoms with Crippen molar-refractivity contribution >= 4 is 38.4 Å². The highest BCUT2D eigenvalue weighted by atomic mass is 32.1. The lowest BCUT2D eigenvalue weighted by molar-refractivity contribution is -0.0220. The lowest BCUT2D eigenvalue weighted by Crippen LogP contribution is -2.48. The number of methoxy groups -OCH3 is 1. The van der Waals surface area contributed by atoms with E-state index in [0.717, 1.165) is 29.0 Å². The number of ether oxygens (including phenoxy) is 2. The van der Waals surface area contributed by atoms with Crippen LogP contribution in [0.15, 0.2) is 12.1 Å². The number of carbonyl (C=O) groups excluding carboxylic acids is 1. The molecule has 3 heterocycles. The molecule has 30 heavy (non-hydrogen) atoms. The standard InChI is InChI=1S/C20H27FN4O4S/c1-28-15-3-2-14(24-10-12-29-13-11-24)17-16(15)22-18(30-17)23-19(26)25-8-5-20(27,4-7-21)6-9-25/h2-3,27H,4-13H2,1H3,(H,22,23,26). The molecule has 2 aliphatic heterocycles. The molecule has 4 rings (SSSR count). The van der Waals surface area contributed by atoms with Crippen LogP contribution in [0.5, 0.6) is 5.75 Å². The highest BCUT2D eigenvalue weighted by molar-refractivity contribution is 7.23. The van der Waals surface area contributed by atoms with Gasteiger partial charge in [-0.05, 0) is 25.0 Å². The number of likely N-dealkylation sites (tertiary alicyclic amines) is 1. The Bertz CT molecular complexity index is 894. The molecule has 0 atom stereocenters. The van der Waals surface area contributed by atoms with Crippen molar-refractivity contribution in [3.05, 3.63) is 12.1 Å². The number of amides is 2. The quantitative estimate of drug-likeness (QED) is 0.747. The summed E-state index contributed by atoms with van der Waals surface area (Å²) in [5, 5.41) is 13.7. The van der Waals surface area contributed by atoms with Crippen LogP contribution >= 0.6 is 11.3 Å². The summed E-state index contributed by atoms with van der Waals surface area (Å²) in [5.41, 5.74) is 0.765. The second-order valence-electron chi connectivity index (χ2n) is 7.66. The molecule has 0 radical (unpaired) electrons. The number of aromatic nitrogens is 1. The van der Waals surface area contributed by atoms with E-state index >= 15 is 0 Å². The third-order valence-electron chi connectivity index (χ3n) is 5.81. The summed E-state index contributed by atoms with van der Waals surface area (Å²) < 4.78 is 24.5. The van der Waals surface area contributed by atoms with E-state index in [9.17, 15) is 14.3 Å². The molecule has 2 saturated heterocycles. The maximum Gasteiger partial charge on any atom is 0.323 e. The number of morpholine rings is 1. The van der Waals surface area contributed by atoms with Gasteiger partial charge in [0.2, 0.25) is 0 Å². The molecule has 0 unspecified atom stereocenters. The summed E-state index contributed by atoms with van der Waals surface area (Å²) in [6, 6.07) is 3.66. The zero-order chi connectivity index (χ0) is 21.1. The van der Waals surface area contributed by atoms with Gasteiger partial charge in [0.05, 0.1) is 43.0 Å². The van der Waals surface area contributed by atoms with Gasteiger partial charge in [-0.15, -0.1) is 0 Å². The first-order chi connectivity index (χ1) is 14.5. The highest BCUT2D eigenvalue weighted by Crippen LogP contribution is 2.39. The third-order valence-corrected chi connectivity index (χ3v) is 6.81. The Hall–Kier alpha value is -2.17. The van der Waals surface area contributed by atoms with E-state index in [4.69, 9.17) is 9.47 Å². The zero-order valence-electron chi connectivity index (χ0n) is 17.0. The van der Waals surface area contributed by atoms with E-state index in [2.05, 4.69) is 15.2 Å². The van der Waals surface area contributed by atoms with E-state index in [1.807, 2.05) is 12.1 Å². The first kappa shape index (κ1) is 21.1. The summed E-state index contributed by atoms with van der Waals surface area (Å²) in [4.78, 5) is 21.2. The number of anilines is 2. The number of hydrogen-bond donors (Lipinski definition) is 2. The monoisotopic (exact) mass is 438 g/mol. The molecule has 0 bridgehead atoms. The number of urea groups is 1. The van der Waals surface area contributed by atoms with Crippen molar-refractivity contribution in [2.45, 2.75) is 24.9 Å². The van der Waals surface area contributed by atoms with E-state index in [1.165, 1.54) is 11.3 Å². The van der Waals surface area contributed by atoms with E-state index < -0.39 is 12.3 Å². The van der Waals surface area contributed by atoms with E-state index in [1.54, 1.807) is 12.0 Å². The number of carbonyl (C=O) groups is 1. The van der Waals surface area contributed by atoms with Crippen LogP contribution in [0.1, 0.15) is 19.3 Å². The molecular formula is C20H27FN4O4S. The number of fused-ring (bicyclic) bond motifs is 1. The molecule has 2 aliphatic rings. The van der Waals surface area contributed by atoms with Gasteiger partial charge in [0.15, 0.2) is 5.13 Å². The Morgan fingerprint density at radius 1 is 1.33 bits per heavy atom. The number of nitrogens with zero attached hydrogens (tertiary/aromatic N) is 3. The Balaban J connectivity index is 1.51. The second-order valence-corrected chi connectivity index (χ2v) is 8.66. The van der Waals surface area contributed by atoms with Crippen LogP contribution in [-0.4, -0.2) is 79.8 Å². The molecule has 2 aromatic rings. The first-order valence-electron chi connectivity index (χ1n) is 10.2. The maximum atomic E-state index is 12.7. The lowest BCUT2D eigenvalue weighted by atomic mass is 9.89. The highest BCUT2D eigenvalue weighted by Gasteiger charge is 2.33. The number of nitrogens with one attached hydrogen (secondary N) is 1. The summed E-state index contributed by atoms with van der Waals surface area (Å²) in [6.07, 6.45) is 0.864. The molecule has 1 aromatic carbocycles. The van der Waals surface area contributed by atoms with Gasteiger partial charge in [0.25, 0.3) is 0 Å². The van der Waals surface area contributed by atoms with Crippen LogP contribution in [0.25, 0.3) is 10.2 Å². The van der Waals surface area contributed by atoms with Gasteiger partial charge in [-0.3, -0.25) is 9.71 Å². The number of piperidine rings is 1. The summed E-state index contributed by atoms with van der Waals surface area (Å²) in [6.45, 7) is 3.18. The maximum absolute atomic E-state index is 12.7. The first-order valence-corrected chi connectivity index (χ1v) is 11.0. The van der Waals surface area contributed by atoms with Gasteiger partial charge in [-0.2, -0.15) is 0 Å². The predicted octanol–water partition coefficient (Wildman–Crippen LogP) is 2.86. The topological polar surface area (TPSA) is 87.2 Å². The minimum Gasteiger partial charge on any atom is -0.494 e. The van der Waals surface area contributed by atoms with Crippen LogP contribution in [0.4, 0.5) is 20.0 Å². The molecule has 8 nitrogen and oxygen atoms in total. The van der Waals surface area contributed by atoms with Crippen LogP contribution in [0, 0.1) is 0 Å². The van der Waals surface area contributed by atoms with Gasteiger partial charge in [-0.25, -0.2) is 9.78 Å². The number of alkyl halides is 1. The fraction of sp³-hybridized carbons (Fsp3) is 0.600. The average molecular weight is 439 g/mol. The number of hydrogen-bond acceptors (Lipinski definition) is 7. The molecule has 2 amide bonds. The molecule has 0 saturated carbocycles. The van der Waals surface area contributed by atoms with Gasteiger partial charge in [-0.1, -0.05) is 11.3 Å². The predicted molar refractivity (Wildman–Crippen MR) is 115 cm³/mol. The van der Waals surface area contributed by atoms with Crippen LogP contribution in [0.3, 0.4) is 0 Å². The molecule has 10 heteroatoms. The van der Waals surface area contributed by atoms with E-state index in [-0.39, 0.29) is 12.5 Å².